The molecule has 2 aromatic rings. The van der Waals surface area contributed by atoms with Crippen LogP contribution in [-0.2, 0) is 4.74 Å². The normalized spacial score (nSPS) is 16.4. The van der Waals surface area contributed by atoms with Gasteiger partial charge < -0.3 is 15.4 Å². The lowest BCUT2D eigenvalue weighted by Crippen LogP contribution is -2.29. The Balaban J connectivity index is 1.66. The van der Waals surface area contributed by atoms with Crippen LogP contribution < -0.4 is 10.6 Å². The maximum atomic E-state index is 12.4. The van der Waals surface area contributed by atoms with Crippen molar-refractivity contribution in [3.8, 4) is 10.4 Å². The molecule has 1 aliphatic heterocycles. The van der Waals surface area contributed by atoms with Crippen LogP contribution in [-0.4, -0.2) is 38.1 Å². The molecule has 1 saturated heterocycles. The largest absolute Gasteiger partial charge is 0.381 e. The fourth-order valence-electron chi connectivity index (χ4n) is 2.84. The fourth-order valence-corrected chi connectivity index (χ4v) is 3.76. The van der Waals surface area contributed by atoms with E-state index in [1.54, 1.807) is 0 Å². The van der Waals surface area contributed by atoms with Gasteiger partial charge in [0.2, 0.25) is 0 Å². The molecule has 1 fully saturated rings. The molecule has 1 aliphatic rings. The van der Waals surface area contributed by atoms with Gasteiger partial charge in [0.15, 0.2) is 0 Å². The molecule has 0 aliphatic carbocycles. The highest BCUT2D eigenvalue weighted by Crippen LogP contribution is 2.28. The Hall–Kier alpha value is -2.18. The van der Waals surface area contributed by atoms with Crippen LogP contribution in [0.3, 0.4) is 0 Å². The van der Waals surface area contributed by atoms with E-state index < -0.39 is 0 Å². The van der Waals surface area contributed by atoms with E-state index in [2.05, 4.69) is 10.6 Å². The van der Waals surface area contributed by atoms with Crippen LogP contribution in [0.25, 0.3) is 10.4 Å². The Kier molecular flexibility index (Phi) is 6.41. The number of thiophene rings is 1. The topological polar surface area (TPSA) is 67.4 Å². The minimum Gasteiger partial charge on any atom is -0.381 e. The molecule has 5 nitrogen and oxygen atoms in total. The van der Waals surface area contributed by atoms with E-state index in [4.69, 9.17) is 4.74 Å². The highest BCUT2D eigenvalue weighted by atomic mass is 32.1. The van der Waals surface area contributed by atoms with Crippen LogP contribution in [0.2, 0.25) is 0 Å². The number of benzene rings is 1. The number of hydrogen-bond donors (Lipinski definition) is 2. The van der Waals surface area contributed by atoms with Gasteiger partial charge in [-0.2, -0.15) is 0 Å². The highest BCUT2D eigenvalue weighted by Gasteiger charge is 2.17. The van der Waals surface area contributed by atoms with Crippen LogP contribution in [0.1, 0.15) is 39.8 Å². The zero-order chi connectivity index (χ0) is 18.4. The molecule has 2 heterocycles. The van der Waals surface area contributed by atoms with Gasteiger partial charge in [-0.05, 0) is 42.7 Å². The van der Waals surface area contributed by atoms with Crippen molar-refractivity contribution < 1.29 is 14.3 Å². The molecule has 0 radical (unpaired) electrons. The Bertz CT molecular complexity index is 766. The Morgan fingerprint density at radius 2 is 2.08 bits per heavy atom. The van der Waals surface area contributed by atoms with Crippen molar-refractivity contribution in [3.05, 3.63) is 46.8 Å². The predicted octanol–water partition coefficient (Wildman–Crippen LogP) is 3.32. The zero-order valence-corrected chi connectivity index (χ0v) is 15.7. The van der Waals surface area contributed by atoms with Crippen molar-refractivity contribution in [2.75, 3.05) is 26.3 Å². The number of hydrogen-bond acceptors (Lipinski definition) is 4. The van der Waals surface area contributed by atoms with Gasteiger partial charge in [-0.1, -0.05) is 19.1 Å². The molecule has 0 spiro atoms. The van der Waals surface area contributed by atoms with E-state index in [1.807, 2.05) is 43.3 Å². The van der Waals surface area contributed by atoms with Gasteiger partial charge in [0.05, 0.1) is 11.5 Å². The zero-order valence-electron chi connectivity index (χ0n) is 14.9. The second-order valence-electron chi connectivity index (χ2n) is 6.44. The maximum absolute atomic E-state index is 12.4. The van der Waals surface area contributed by atoms with Crippen molar-refractivity contribution in [1.82, 2.24) is 10.6 Å². The molecule has 2 N–H and O–H groups in total. The second kappa shape index (κ2) is 8.96. The van der Waals surface area contributed by atoms with Crippen LogP contribution >= 0.6 is 11.3 Å². The lowest BCUT2D eigenvalue weighted by Gasteiger charge is -2.10. The number of carbonyl (C=O) groups excluding carboxylic acids is 2. The van der Waals surface area contributed by atoms with Crippen molar-refractivity contribution in [2.24, 2.45) is 5.92 Å². The van der Waals surface area contributed by atoms with E-state index in [-0.39, 0.29) is 11.8 Å². The van der Waals surface area contributed by atoms with Gasteiger partial charge in [0.25, 0.3) is 11.8 Å². The maximum Gasteiger partial charge on any atom is 0.261 e. The van der Waals surface area contributed by atoms with Gasteiger partial charge >= 0.3 is 0 Å². The average Bonchev–Trinajstić information content (AvgIpc) is 3.36. The molecule has 0 unspecified atom stereocenters. The van der Waals surface area contributed by atoms with E-state index in [0.29, 0.717) is 29.4 Å². The summed E-state index contributed by atoms with van der Waals surface area (Å²) in [6, 6.07) is 11.3. The first kappa shape index (κ1) is 18.6. The minimum atomic E-state index is -0.0729. The third-order valence-electron chi connectivity index (χ3n) is 4.35. The van der Waals surface area contributed by atoms with Gasteiger partial charge in [-0.15, -0.1) is 11.3 Å². The number of carbonyl (C=O) groups is 2. The van der Waals surface area contributed by atoms with Crippen molar-refractivity contribution in [1.29, 1.82) is 0 Å². The molecule has 3 rings (SSSR count). The molecular formula is C20H24N2O3S. The summed E-state index contributed by atoms with van der Waals surface area (Å²) < 4.78 is 5.34. The summed E-state index contributed by atoms with van der Waals surface area (Å²) in [5.41, 5.74) is 1.58. The Morgan fingerprint density at radius 1 is 1.19 bits per heavy atom. The second-order valence-corrected chi connectivity index (χ2v) is 7.52. The smallest absolute Gasteiger partial charge is 0.261 e. The Morgan fingerprint density at radius 3 is 2.85 bits per heavy atom. The Labute approximate surface area is 157 Å². The van der Waals surface area contributed by atoms with Crippen molar-refractivity contribution in [3.63, 3.8) is 0 Å². The SMILES string of the molecule is CCCNC(=O)c1ccc(-c2cccc(C(=O)NC[C@H]3CCOC3)c2)s1. The lowest BCUT2D eigenvalue weighted by molar-refractivity contribution is 0.0941. The molecule has 0 bridgehead atoms. The molecular weight excluding hydrogens is 348 g/mol. The van der Waals surface area contributed by atoms with Crippen molar-refractivity contribution in [2.45, 2.75) is 19.8 Å². The quantitative estimate of drug-likeness (QED) is 0.783. The average molecular weight is 372 g/mol. The van der Waals surface area contributed by atoms with Crippen LogP contribution in [0, 0.1) is 5.92 Å². The van der Waals surface area contributed by atoms with Crippen LogP contribution in [0.4, 0.5) is 0 Å². The molecule has 1 atom stereocenters. The summed E-state index contributed by atoms with van der Waals surface area (Å²) in [6.07, 6.45) is 1.91. The number of ether oxygens (including phenoxy) is 1. The minimum absolute atomic E-state index is 0.0456. The summed E-state index contributed by atoms with van der Waals surface area (Å²) >= 11 is 1.44. The molecule has 1 aromatic carbocycles. The predicted molar refractivity (Wildman–Crippen MR) is 104 cm³/mol. The van der Waals surface area contributed by atoms with E-state index in [1.165, 1.54) is 11.3 Å². The third-order valence-corrected chi connectivity index (χ3v) is 5.48. The van der Waals surface area contributed by atoms with E-state index in [0.717, 1.165) is 36.5 Å². The first-order valence-corrected chi connectivity index (χ1v) is 9.83. The summed E-state index contributed by atoms with van der Waals surface area (Å²) in [7, 11) is 0. The molecule has 26 heavy (non-hydrogen) atoms. The molecule has 6 heteroatoms. The fraction of sp³-hybridized carbons (Fsp3) is 0.400. The number of nitrogens with one attached hydrogen (secondary N) is 2. The first-order chi connectivity index (χ1) is 12.7. The van der Waals surface area contributed by atoms with Crippen molar-refractivity contribution >= 4 is 23.2 Å². The highest BCUT2D eigenvalue weighted by molar-refractivity contribution is 7.17. The monoisotopic (exact) mass is 372 g/mol. The van der Waals surface area contributed by atoms with Gasteiger partial charge in [0.1, 0.15) is 0 Å². The molecule has 1 aromatic heterocycles. The summed E-state index contributed by atoms with van der Waals surface area (Å²) in [6.45, 7) is 4.84. The van der Waals surface area contributed by atoms with Gasteiger partial charge in [-0.25, -0.2) is 0 Å². The number of rotatable bonds is 7. The van der Waals surface area contributed by atoms with Crippen LogP contribution in [0.15, 0.2) is 36.4 Å². The molecule has 138 valence electrons. The first-order valence-electron chi connectivity index (χ1n) is 9.01. The summed E-state index contributed by atoms with van der Waals surface area (Å²) in [5.74, 6) is 0.288. The summed E-state index contributed by atoms with van der Waals surface area (Å²) in [4.78, 5) is 26.1. The third kappa shape index (κ3) is 4.71. The molecule has 0 saturated carbocycles. The van der Waals surface area contributed by atoms with Gasteiger partial charge in [0, 0.05) is 36.1 Å². The van der Waals surface area contributed by atoms with Gasteiger partial charge in [-0.3, -0.25) is 9.59 Å². The van der Waals surface area contributed by atoms with E-state index in [9.17, 15) is 9.59 Å². The lowest BCUT2D eigenvalue weighted by atomic mass is 10.1. The summed E-state index contributed by atoms with van der Waals surface area (Å²) in [5, 5.41) is 5.87. The number of amides is 2. The molecule has 2 amide bonds. The van der Waals surface area contributed by atoms with Crippen LogP contribution in [0.5, 0.6) is 0 Å². The van der Waals surface area contributed by atoms with E-state index >= 15 is 0 Å². The standard InChI is InChI=1S/C20H24N2O3S/c1-2-9-21-20(24)18-7-6-17(26-18)15-4-3-5-16(11-15)19(23)22-12-14-8-10-25-13-14/h3-7,11,14H,2,8-10,12-13H2,1H3,(H,21,24)(H,22,23)/t14-/m1/s1.